The fourth-order valence-electron chi connectivity index (χ4n) is 3.10. The Morgan fingerprint density at radius 2 is 1.79 bits per heavy atom. The Labute approximate surface area is 162 Å². The summed E-state index contributed by atoms with van der Waals surface area (Å²) in [6.07, 6.45) is 0.357. The standard InChI is InChI=1S/C20H18N2O5S/c21-11-14-5-1-2-6-16(14)17-7-3-4-8-18(17)20(24)27-12-19(23)22-15-9-10-28(25,26)13-15/h1-8,15H,9-10,12-13H2,(H,22,23)/t15-/m0/s1. The van der Waals surface area contributed by atoms with Crippen molar-refractivity contribution in [2.75, 3.05) is 18.1 Å². The van der Waals surface area contributed by atoms with Gasteiger partial charge in [0.2, 0.25) is 0 Å². The molecule has 1 aliphatic rings. The van der Waals surface area contributed by atoms with E-state index in [1.54, 1.807) is 48.5 Å². The van der Waals surface area contributed by atoms with E-state index >= 15 is 0 Å². The summed E-state index contributed by atoms with van der Waals surface area (Å²) in [5.41, 5.74) is 1.79. The number of nitrogens with zero attached hydrogens (tertiary/aromatic N) is 1. The second-order valence-corrected chi connectivity index (χ2v) is 8.68. The molecule has 0 saturated carbocycles. The lowest BCUT2D eigenvalue weighted by atomic mass is 9.96. The Bertz CT molecular complexity index is 1060. The predicted molar refractivity (Wildman–Crippen MR) is 102 cm³/mol. The molecule has 1 saturated heterocycles. The summed E-state index contributed by atoms with van der Waals surface area (Å²) < 4.78 is 28.0. The van der Waals surface area contributed by atoms with Crippen molar-refractivity contribution in [2.24, 2.45) is 0 Å². The van der Waals surface area contributed by atoms with Crippen molar-refractivity contribution in [1.29, 1.82) is 5.26 Å². The number of nitriles is 1. The van der Waals surface area contributed by atoms with E-state index in [2.05, 4.69) is 11.4 Å². The summed E-state index contributed by atoms with van der Waals surface area (Å²) in [6, 6.07) is 15.2. The first kappa shape index (κ1) is 19.6. The largest absolute Gasteiger partial charge is 0.452 e. The van der Waals surface area contributed by atoms with Gasteiger partial charge in [-0.15, -0.1) is 0 Å². The maximum atomic E-state index is 12.5. The van der Waals surface area contributed by atoms with Crippen molar-refractivity contribution < 1.29 is 22.7 Å². The summed E-state index contributed by atoms with van der Waals surface area (Å²) in [5.74, 6) is -1.30. The van der Waals surface area contributed by atoms with E-state index in [1.165, 1.54) is 0 Å². The van der Waals surface area contributed by atoms with Gasteiger partial charge in [-0.05, 0) is 24.1 Å². The van der Waals surface area contributed by atoms with Crippen LogP contribution in [0.15, 0.2) is 48.5 Å². The normalized spacial score (nSPS) is 17.5. The first-order valence-electron chi connectivity index (χ1n) is 8.65. The van der Waals surface area contributed by atoms with E-state index < -0.39 is 34.4 Å². The molecule has 0 spiro atoms. The number of esters is 1. The molecule has 28 heavy (non-hydrogen) atoms. The Morgan fingerprint density at radius 3 is 2.46 bits per heavy atom. The van der Waals surface area contributed by atoms with Crippen LogP contribution >= 0.6 is 0 Å². The molecular weight excluding hydrogens is 380 g/mol. The number of rotatable bonds is 5. The second-order valence-electron chi connectivity index (χ2n) is 6.45. The zero-order chi connectivity index (χ0) is 20.1. The number of hydrogen-bond donors (Lipinski definition) is 1. The highest BCUT2D eigenvalue weighted by atomic mass is 32.2. The van der Waals surface area contributed by atoms with Crippen molar-refractivity contribution in [3.05, 3.63) is 59.7 Å². The zero-order valence-corrected chi connectivity index (χ0v) is 15.7. The highest BCUT2D eigenvalue weighted by Gasteiger charge is 2.29. The van der Waals surface area contributed by atoms with Crippen molar-refractivity contribution in [1.82, 2.24) is 5.32 Å². The molecular formula is C20H18N2O5S. The summed E-state index contributed by atoms with van der Waals surface area (Å²) in [6.45, 7) is -0.510. The van der Waals surface area contributed by atoms with Crippen LogP contribution in [0.25, 0.3) is 11.1 Å². The summed E-state index contributed by atoms with van der Waals surface area (Å²) >= 11 is 0. The van der Waals surface area contributed by atoms with Crippen molar-refractivity contribution in [3.63, 3.8) is 0 Å². The molecule has 0 bridgehead atoms. The van der Waals surface area contributed by atoms with Gasteiger partial charge in [-0.1, -0.05) is 36.4 Å². The minimum absolute atomic E-state index is 0.0451. The first-order valence-corrected chi connectivity index (χ1v) is 10.5. The number of ether oxygens (including phenoxy) is 1. The number of nitrogens with one attached hydrogen (secondary N) is 1. The van der Waals surface area contributed by atoms with Crippen LogP contribution in [-0.2, 0) is 19.4 Å². The van der Waals surface area contributed by atoms with E-state index in [0.717, 1.165) is 0 Å². The van der Waals surface area contributed by atoms with Crippen LogP contribution in [0.5, 0.6) is 0 Å². The molecule has 0 radical (unpaired) electrons. The van der Waals surface area contributed by atoms with Gasteiger partial charge >= 0.3 is 5.97 Å². The van der Waals surface area contributed by atoms with Gasteiger partial charge in [0.05, 0.1) is 28.7 Å². The minimum atomic E-state index is -3.11. The molecule has 1 heterocycles. The summed E-state index contributed by atoms with van der Waals surface area (Å²) in [4.78, 5) is 24.5. The van der Waals surface area contributed by atoms with Crippen molar-refractivity contribution in [2.45, 2.75) is 12.5 Å². The molecule has 1 fully saturated rings. The number of carbonyl (C=O) groups excluding carboxylic acids is 2. The van der Waals surface area contributed by atoms with Crippen LogP contribution in [0.4, 0.5) is 0 Å². The molecule has 1 aliphatic heterocycles. The molecule has 1 amide bonds. The molecule has 2 aromatic rings. The topological polar surface area (TPSA) is 113 Å². The molecule has 2 aromatic carbocycles. The predicted octanol–water partition coefficient (Wildman–Crippen LogP) is 1.69. The van der Waals surface area contributed by atoms with E-state index in [1.807, 2.05) is 0 Å². The van der Waals surface area contributed by atoms with E-state index in [-0.39, 0.29) is 17.1 Å². The van der Waals surface area contributed by atoms with Crippen molar-refractivity contribution >= 4 is 21.7 Å². The van der Waals surface area contributed by atoms with Crippen LogP contribution < -0.4 is 5.32 Å². The summed E-state index contributed by atoms with van der Waals surface area (Å²) in [7, 11) is -3.11. The third-order valence-corrected chi connectivity index (χ3v) is 6.18. The second kappa shape index (κ2) is 8.23. The summed E-state index contributed by atoms with van der Waals surface area (Å²) in [5, 5.41) is 11.9. The monoisotopic (exact) mass is 398 g/mol. The smallest absolute Gasteiger partial charge is 0.339 e. The van der Waals surface area contributed by atoms with Crippen LogP contribution in [0.2, 0.25) is 0 Å². The highest BCUT2D eigenvalue weighted by molar-refractivity contribution is 7.91. The molecule has 0 aliphatic carbocycles. The molecule has 3 rings (SSSR count). The Balaban J connectivity index is 1.69. The Morgan fingerprint density at radius 1 is 1.11 bits per heavy atom. The zero-order valence-electron chi connectivity index (χ0n) is 14.9. The van der Waals surface area contributed by atoms with E-state index in [9.17, 15) is 23.3 Å². The SMILES string of the molecule is N#Cc1ccccc1-c1ccccc1C(=O)OCC(=O)N[C@H]1CCS(=O)(=O)C1. The molecule has 0 unspecified atom stereocenters. The number of benzene rings is 2. The molecule has 8 heteroatoms. The van der Waals surface area contributed by atoms with Crippen molar-refractivity contribution in [3.8, 4) is 17.2 Å². The van der Waals surface area contributed by atoms with Crippen LogP contribution in [0, 0.1) is 11.3 Å². The average Bonchev–Trinajstić information content (AvgIpc) is 3.04. The molecule has 7 nitrogen and oxygen atoms in total. The molecule has 1 atom stereocenters. The third-order valence-electron chi connectivity index (χ3n) is 4.42. The van der Waals surface area contributed by atoms with Gasteiger partial charge in [-0.3, -0.25) is 4.79 Å². The van der Waals surface area contributed by atoms with Gasteiger partial charge in [-0.2, -0.15) is 5.26 Å². The van der Waals surface area contributed by atoms with Crippen LogP contribution in [0.1, 0.15) is 22.3 Å². The van der Waals surface area contributed by atoms with Gasteiger partial charge in [0.25, 0.3) is 5.91 Å². The minimum Gasteiger partial charge on any atom is -0.452 e. The number of amides is 1. The maximum absolute atomic E-state index is 12.5. The van der Waals surface area contributed by atoms with Gasteiger partial charge in [-0.25, -0.2) is 13.2 Å². The number of carbonyl (C=O) groups is 2. The average molecular weight is 398 g/mol. The lowest BCUT2D eigenvalue weighted by molar-refractivity contribution is -0.124. The highest BCUT2D eigenvalue weighted by Crippen LogP contribution is 2.27. The van der Waals surface area contributed by atoms with Crippen LogP contribution in [0.3, 0.4) is 0 Å². The quantitative estimate of drug-likeness (QED) is 0.767. The van der Waals surface area contributed by atoms with Crippen LogP contribution in [-0.4, -0.2) is 44.4 Å². The fourth-order valence-corrected chi connectivity index (χ4v) is 4.77. The molecule has 144 valence electrons. The van der Waals surface area contributed by atoms with E-state index in [0.29, 0.717) is 23.1 Å². The van der Waals surface area contributed by atoms with E-state index in [4.69, 9.17) is 4.74 Å². The van der Waals surface area contributed by atoms with Gasteiger partial charge in [0.15, 0.2) is 16.4 Å². The lowest BCUT2D eigenvalue weighted by Gasteiger charge is -2.13. The first-order chi connectivity index (χ1) is 13.4. The Hall–Kier alpha value is -3.18. The Kier molecular flexibility index (Phi) is 5.76. The maximum Gasteiger partial charge on any atom is 0.339 e. The number of hydrogen-bond acceptors (Lipinski definition) is 6. The third kappa shape index (κ3) is 4.56. The van der Waals surface area contributed by atoms with Gasteiger partial charge in [0, 0.05) is 11.6 Å². The fraction of sp³-hybridized carbons (Fsp3) is 0.250. The molecule has 0 aromatic heterocycles. The van der Waals surface area contributed by atoms with Gasteiger partial charge in [0.1, 0.15) is 0 Å². The van der Waals surface area contributed by atoms with Gasteiger partial charge < -0.3 is 10.1 Å². The lowest BCUT2D eigenvalue weighted by Crippen LogP contribution is -2.38. The number of sulfone groups is 1. The molecule has 1 N–H and O–H groups in total.